The molecule has 1 fully saturated rings. The van der Waals surface area contributed by atoms with E-state index in [-0.39, 0.29) is 17.9 Å². The Morgan fingerprint density at radius 3 is 2.68 bits per heavy atom. The lowest BCUT2D eigenvalue weighted by Gasteiger charge is -2.34. The minimum Gasteiger partial charge on any atom is -0.348 e. The van der Waals surface area contributed by atoms with Crippen LogP contribution in [0.25, 0.3) is 0 Å². The van der Waals surface area contributed by atoms with E-state index in [2.05, 4.69) is 15.3 Å². The molecule has 1 atom stereocenters. The highest BCUT2D eigenvalue weighted by atomic mass is 32.2. The molecule has 9 heteroatoms. The Bertz CT molecular complexity index is 964. The van der Waals surface area contributed by atoms with Gasteiger partial charge in [0.1, 0.15) is 11.6 Å². The van der Waals surface area contributed by atoms with E-state index in [0.717, 1.165) is 18.4 Å². The number of amides is 1. The van der Waals surface area contributed by atoms with Crippen molar-refractivity contribution < 1.29 is 17.6 Å². The number of aryl methyl sites for hydroxylation is 1. The predicted molar refractivity (Wildman–Crippen MR) is 102 cm³/mol. The second kappa shape index (κ2) is 8.32. The lowest BCUT2D eigenvalue weighted by atomic mass is 9.98. The lowest BCUT2D eigenvalue weighted by Crippen LogP contribution is -2.39. The summed E-state index contributed by atoms with van der Waals surface area (Å²) in [7, 11) is -3.43. The van der Waals surface area contributed by atoms with Crippen LogP contribution in [0.15, 0.2) is 30.5 Å². The van der Waals surface area contributed by atoms with Crippen LogP contribution >= 0.6 is 0 Å². The van der Waals surface area contributed by atoms with Gasteiger partial charge in [0.05, 0.1) is 23.6 Å². The average molecular weight is 406 g/mol. The van der Waals surface area contributed by atoms with Gasteiger partial charge in [0, 0.05) is 19.3 Å². The summed E-state index contributed by atoms with van der Waals surface area (Å²) in [5, 5.41) is 2.78. The zero-order valence-corrected chi connectivity index (χ0v) is 16.7. The third-order valence-electron chi connectivity index (χ3n) is 4.74. The number of carbonyl (C=O) groups excluding carboxylic acids is 1. The van der Waals surface area contributed by atoms with Gasteiger partial charge in [-0.15, -0.1) is 0 Å². The van der Waals surface area contributed by atoms with Crippen molar-refractivity contribution in [1.82, 2.24) is 19.6 Å². The number of piperidine rings is 1. The fourth-order valence-corrected chi connectivity index (χ4v) is 4.50. The van der Waals surface area contributed by atoms with E-state index in [0.29, 0.717) is 24.5 Å². The quantitative estimate of drug-likeness (QED) is 0.823. The molecule has 0 unspecified atom stereocenters. The molecule has 0 spiro atoms. The molecular weight excluding hydrogens is 383 g/mol. The van der Waals surface area contributed by atoms with E-state index in [1.165, 1.54) is 28.9 Å². The van der Waals surface area contributed by atoms with Crippen molar-refractivity contribution in [3.8, 4) is 0 Å². The van der Waals surface area contributed by atoms with Crippen molar-refractivity contribution in [1.29, 1.82) is 0 Å². The first kappa shape index (κ1) is 20.3. The molecule has 3 rings (SSSR count). The summed E-state index contributed by atoms with van der Waals surface area (Å²) in [6, 6.07) is 5.35. The molecule has 1 saturated heterocycles. The van der Waals surface area contributed by atoms with Crippen molar-refractivity contribution in [3.05, 3.63) is 58.9 Å². The highest BCUT2D eigenvalue weighted by Crippen LogP contribution is 2.33. The molecule has 0 bridgehead atoms. The molecule has 1 aliphatic rings. The van der Waals surface area contributed by atoms with E-state index in [9.17, 15) is 17.6 Å². The van der Waals surface area contributed by atoms with Crippen LogP contribution in [0.5, 0.6) is 0 Å². The Hall–Kier alpha value is -2.39. The lowest BCUT2D eigenvalue weighted by molar-refractivity contribution is 0.0946. The molecule has 0 aliphatic carbocycles. The van der Waals surface area contributed by atoms with E-state index >= 15 is 0 Å². The minimum atomic E-state index is -3.43. The van der Waals surface area contributed by atoms with Gasteiger partial charge in [0.2, 0.25) is 10.0 Å². The average Bonchev–Trinajstić information content (AvgIpc) is 2.66. The number of benzene rings is 1. The zero-order chi connectivity index (χ0) is 20.3. The third-order valence-corrected chi connectivity index (χ3v) is 6.03. The topological polar surface area (TPSA) is 92.3 Å². The zero-order valence-electron chi connectivity index (χ0n) is 15.9. The summed E-state index contributed by atoms with van der Waals surface area (Å²) in [6.45, 7) is 2.33. The molecule has 1 amide bonds. The van der Waals surface area contributed by atoms with Crippen molar-refractivity contribution in [2.45, 2.75) is 38.8 Å². The van der Waals surface area contributed by atoms with Crippen LogP contribution in [0.1, 0.15) is 52.7 Å². The number of carbonyl (C=O) groups is 1. The maximum atomic E-state index is 13.0. The number of sulfonamides is 1. The summed E-state index contributed by atoms with van der Waals surface area (Å²) in [5.74, 6) is -0.259. The van der Waals surface area contributed by atoms with Gasteiger partial charge in [-0.25, -0.2) is 22.8 Å². The second-order valence-corrected chi connectivity index (χ2v) is 8.85. The maximum absolute atomic E-state index is 13.0. The summed E-state index contributed by atoms with van der Waals surface area (Å²) in [4.78, 5) is 21.3. The molecule has 2 heterocycles. The minimum absolute atomic E-state index is 0.215. The monoisotopic (exact) mass is 406 g/mol. The second-order valence-electron chi connectivity index (χ2n) is 6.91. The van der Waals surface area contributed by atoms with Crippen molar-refractivity contribution in [3.63, 3.8) is 0 Å². The summed E-state index contributed by atoms with van der Waals surface area (Å²) in [6.07, 6.45) is 4.85. The number of nitrogens with one attached hydrogen (secondary N) is 1. The van der Waals surface area contributed by atoms with Crippen LogP contribution in [0, 0.1) is 12.7 Å². The molecule has 2 aromatic rings. The number of rotatable bonds is 5. The number of hydrogen-bond donors (Lipinski definition) is 1. The van der Waals surface area contributed by atoms with Crippen molar-refractivity contribution in [2.24, 2.45) is 0 Å². The van der Waals surface area contributed by atoms with Crippen LogP contribution in [0.4, 0.5) is 4.39 Å². The third kappa shape index (κ3) is 4.71. The van der Waals surface area contributed by atoms with Gasteiger partial charge in [0.15, 0.2) is 0 Å². The standard InChI is InChI=1S/C19H23FN4O3S/c1-13-21-12-16(19(25)22-11-14-6-8-15(20)9-7-14)18(23-13)17-5-3-4-10-24(17)28(2,26)27/h6-9,12,17H,3-5,10-11H2,1-2H3,(H,22,25)/t17-/m0/s1. The van der Waals surface area contributed by atoms with Crippen molar-refractivity contribution in [2.75, 3.05) is 12.8 Å². The molecular formula is C19H23FN4O3S. The van der Waals surface area contributed by atoms with Gasteiger partial charge < -0.3 is 5.32 Å². The fraction of sp³-hybridized carbons (Fsp3) is 0.421. The van der Waals surface area contributed by atoms with Crippen molar-refractivity contribution >= 4 is 15.9 Å². The van der Waals surface area contributed by atoms with Gasteiger partial charge in [-0.05, 0) is 37.5 Å². The highest BCUT2D eigenvalue weighted by molar-refractivity contribution is 7.88. The Labute approximate surface area is 164 Å². The summed E-state index contributed by atoms with van der Waals surface area (Å²) >= 11 is 0. The Morgan fingerprint density at radius 1 is 1.29 bits per heavy atom. The SMILES string of the molecule is Cc1ncc(C(=O)NCc2ccc(F)cc2)c([C@@H]2CCCCN2S(C)(=O)=O)n1. The fourth-order valence-electron chi connectivity index (χ4n) is 3.37. The van der Waals surface area contributed by atoms with Crippen LogP contribution in [0.3, 0.4) is 0 Å². The summed E-state index contributed by atoms with van der Waals surface area (Å²) < 4.78 is 38.9. The Balaban J connectivity index is 1.87. The Kier molecular flexibility index (Phi) is 6.04. The van der Waals surface area contributed by atoms with Crippen LogP contribution in [-0.4, -0.2) is 41.4 Å². The Morgan fingerprint density at radius 2 is 2.00 bits per heavy atom. The van der Waals surface area contributed by atoms with E-state index in [4.69, 9.17) is 0 Å². The first-order valence-corrected chi connectivity index (χ1v) is 10.9. The molecule has 0 saturated carbocycles. The van der Waals surface area contributed by atoms with E-state index in [1.807, 2.05) is 0 Å². The number of aromatic nitrogens is 2. The van der Waals surface area contributed by atoms with Crippen LogP contribution in [-0.2, 0) is 16.6 Å². The van der Waals surface area contributed by atoms with Gasteiger partial charge >= 0.3 is 0 Å². The normalized spacial score (nSPS) is 18.0. The molecule has 1 aromatic carbocycles. The molecule has 1 N–H and O–H groups in total. The summed E-state index contributed by atoms with van der Waals surface area (Å²) in [5.41, 5.74) is 1.43. The first-order valence-electron chi connectivity index (χ1n) is 9.08. The van der Waals surface area contributed by atoms with Crippen LogP contribution in [0.2, 0.25) is 0 Å². The van der Waals surface area contributed by atoms with Gasteiger partial charge in [-0.3, -0.25) is 4.79 Å². The number of halogens is 1. The van der Waals surface area contributed by atoms with Gasteiger partial charge in [-0.2, -0.15) is 4.31 Å². The highest BCUT2D eigenvalue weighted by Gasteiger charge is 2.34. The molecule has 28 heavy (non-hydrogen) atoms. The number of hydrogen-bond acceptors (Lipinski definition) is 5. The first-order chi connectivity index (χ1) is 13.3. The molecule has 0 radical (unpaired) electrons. The molecule has 7 nitrogen and oxygen atoms in total. The number of nitrogens with zero attached hydrogens (tertiary/aromatic N) is 3. The van der Waals surface area contributed by atoms with Gasteiger partial charge in [-0.1, -0.05) is 18.6 Å². The molecule has 150 valence electrons. The van der Waals surface area contributed by atoms with Gasteiger partial charge in [0.25, 0.3) is 5.91 Å². The smallest absolute Gasteiger partial charge is 0.255 e. The van der Waals surface area contributed by atoms with E-state index < -0.39 is 22.0 Å². The molecule has 1 aliphatic heterocycles. The largest absolute Gasteiger partial charge is 0.348 e. The predicted octanol–water partition coefficient (Wildman–Crippen LogP) is 2.34. The maximum Gasteiger partial charge on any atom is 0.255 e. The van der Waals surface area contributed by atoms with Crippen LogP contribution < -0.4 is 5.32 Å². The molecule has 1 aromatic heterocycles. The van der Waals surface area contributed by atoms with E-state index in [1.54, 1.807) is 19.1 Å².